The van der Waals surface area contributed by atoms with E-state index in [9.17, 15) is 5.11 Å². The SMILES string of the molecule is CCCCOCC(O)CSc1cc(Cl)ccc1Cl. The van der Waals surface area contributed by atoms with E-state index < -0.39 is 6.10 Å². The Morgan fingerprint density at radius 2 is 2.17 bits per heavy atom. The van der Waals surface area contributed by atoms with Crippen molar-refractivity contribution >= 4 is 35.0 Å². The van der Waals surface area contributed by atoms with Crippen molar-refractivity contribution in [2.75, 3.05) is 19.0 Å². The lowest BCUT2D eigenvalue weighted by Crippen LogP contribution is -2.18. The van der Waals surface area contributed by atoms with E-state index in [1.54, 1.807) is 18.2 Å². The highest BCUT2D eigenvalue weighted by molar-refractivity contribution is 7.99. The summed E-state index contributed by atoms with van der Waals surface area (Å²) in [5.74, 6) is 0.548. The van der Waals surface area contributed by atoms with Gasteiger partial charge >= 0.3 is 0 Å². The van der Waals surface area contributed by atoms with Crippen molar-refractivity contribution in [3.63, 3.8) is 0 Å². The van der Waals surface area contributed by atoms with Gasteiger partial charge < -0.3 is 9.84 Å². The minimum Gasteiger partial charge on any atom is -0.390 e. The Kier molecular flexibility index (Phi) is 8.11. The van der Waals surface area contributed by atoms with E-state index in [1.807, 2.05) is 0 Å². The van der Waals surface area contributed by atoms with E-state index in [1.165, 1.54) is 11.8 Å². The third-order valence-electron chi connectivity index (χ3n) is 2.28. The van der Waals surface area contributed by atoms with E-state index in [2.05, 4.69) is 6.92 Å². The highest BCUT2D eigenvalue weighted by Crippen LogP contribution is 2.30. The molecule has 18 heavy (non-hydrogen) atoms. The third-order valence-corrected chi connectivity index (χ3v) is 4.15. The maximum Gasteiger partial charge on any atom is 0.0867 e. The van der Waals surface area contributed by atoms with Crippen LogP contribution in [0.5, 0.6) is 0 Å². The molecule has 0 fully saturated rings. The van der Waals surface area contributed by atoms with Crippen LogP contribution in [0.1, 0.15) is 19.8 Å². The number of aliphatic hydroxyl groups excluding tert-OH is 1. The number of benzene rings is 1. The third kappa shape index (κ3) is 6.30. The van der Waals surface area contributed by atoms with Crippen LogP contribution in [-0.2, 0) is 4.74 Å². The average Bonchev–Trinajstić information content (AvgIpc) is 2.36. The van der Waals surface area contributed by atoms with Crippen LogP contribution in [0.2, 0.25) is 10.0 Å². The first-order chi connectivity index (χ1) is 8.63. The van der Waals surface area contributed by atoms with Crippen molar-refractivity contribution in [1.29, 1.82) is 0 Å². The molecule has 0 saturated heterocycles. The van der Waals surface area contributed by atoms with Crippen LogP contribution in [-0.4, -0.2) is 30.2 Å². The first-order valence-corrected chi connectivity index (χ1v) is 7.71. The molecule has 1 aromatic rings. The number of unbranched alkanes of at least 4 members (excludes halogenated alkanes) is 1. The Bertz CT molecular complexity index is 361. The zero-order chi connectivity index (χ0) is 13.4. The number of hydrogen-bond acceptors (Lipinski definition) is 3. The van der Waals surface area contributed by atoms with Gasteiger partial charge in [0, 0.05) is 22.3 Å². The van der Waals surface area contributed by atoms with Gasteiger partial charge in [-0.05, 0) is 24.6 Å². The minimum atomic E-state index is -0.484. The van der Waals surface area contributed by atoms with Crippen LogP contribution in [0.4, 0.5) is 0 Å². The Balaban J connectivity index is 2.29. The van der Waals surface area contributed by atoms with E-state index >= 15 is 0 Å². The lowest BCUT2D eigenvalue weighted by Gasteiger charge is -2.11. The van der Waals surface area contributed by atoms with Crippen molar-refractivity contribution in [2.45, 2.75) is 30.8 Å². The zero-order valence-corrected chi connectivity index (χ0v) is 12.7. The van der Waals surface area contributed by atoms with Gasteiger partial charge in [-0.2, -0.15) is 0 Å². The molecule has 1 N–H and O–H groups in total. The number of aliphatic hydroxyl groups is 1. The molecule has 0 amide bonds. The first-order valence-electron chi connectivity index (χ1n) is 5.97. The van der Waals surface area contributed by atoms with E-state index in [0.29, 0.717) is 29.0 Å². The normalized spacial score (nSPS) is 12.7. The summed E-state index contributed by atoms with van der Waals surface area (Å²) >= 11 is 13.4. The van der Waals surface area contributed by atoms with Crippen molar-refractivity contribution in [2.24, 2.45) is 0 Å². The highest BCUT2D eigenvalue weighted by atomic mass is 35.5. The molecule has 1 aromatic carbocycles. The van der Waals surface area contributed by atoms with Crippen molar-refractivity contribution in [1.82, 2.24) is 0 Å². The number of rotatable bonds is 8. The monoisotopic (exact) mass is 308 g/mol. The van der Waals surface area contributed by atoms with Crippen LogP contribution in [0.25, 0.3) is 0 Å². The molecule has 102 valence electrons. The Labute approximate surface area is 123 Å². The number of halogens is 2. The first kappa shape index (κ1) is 16.1. The molecule has 0 radical (unpaired) electrons. The average molecular weight is 309 g/mol. The summed E-state index contributed by atoms with van der Waals surface area (Å²) in [5.41, 5.74) is 0. The van der Waals surface area contributed by atoms with Crippen molar-refractivity contribution < 1.29 is 9.84 Å². The maximum absolute atomic E-state index is 9.75. The maximum atomic E-state index is 9.75. The standard InChI is InChI=1S/C13H18Cl2O2S/c1-2-3-6-17-8-11(16)9-18-13-7-10(14)4-5-12(13)15/h4-5,7,11,16H,2-3,6,8-9H2,1H3. The summed E-state index contributed by atoms with van der Waals surface area (Å²) in [5, 5.41) is 11.1. The summed E-state index contributed by atoms with van der Waals surface area (Å²) in [4.78, 5) is 0.886. The molecule has 2 nitrogen and oxygen atoms in total. The minimum absolute atomic E-state index is 0.366. The van der Waals surface area contributed by atoms with E-state index in [-0.39, 0.29) is 0 Å². The smallest absolute Gasteiger partial charge is 0.0867 e. The molecular weight excluding hydrogens is 291 g/mol. The predicted octanol–water partition coefficient (Wildman–Crippen LogP) is 4.26. The second-order valence-corrected chi connectivity index (χ2v) is 5.87. The van der Waals surface area contributed by atoms with Gasteiger partial charge in [0.2, 0.25) is 0 Å². The summed E-state index contributed by atoms with van der Waals surface area (Å²) < 4.78 is 5.36. The van der Waals surface area contributed by atoms with Crippen LogP contribution in [0.15, 0.2) is 23.1 Å². The molecule has 0 spiro atoms. The van der Waals surface area contributed by atoms with E-state index in [0.717, 1.165) is 17.7 Å². The van der Waals surface area contributed by atoms with Gasteiger partial charge in [0.15, 0.2) is 0 Å². The molecule has 0 bridgehead atoms. The number of ether oxygens (including phenoxy) is 1. The summed E-state index contributed by atoms with van der Waals surface area (Å²) in [6.45, 7) is 3.18. The lowest BCUT2D eigenvalue weighted by molar-refractivity contribution is 0.0473. The molecule has 1 unspecified atom stereocenters. The van der Waals surface area contributed by atoms with Crippen LogP contribution in [0, 0.1) is 0 Å². The van der Waals surface area contributed by atoms with Gasteiger partial charge in [0.25, 0.3) is 0 Å². The Hall–Kier alpha value is 0.0700. The molecular formula is C13H18Cl2O2S. The largest absolute Gasteiger partial charge is 0.390 e. The fraction of sp³-hybridized carbons (Fsp3) is 0.538. The Morgan fingerprint density at radius 3 is 2.89 bits per heavy atom. The Morgan fingerprint density at radius 1 is 1.39 bits per heavy atom. The van der Waals surface area contributed by atoms with Crippen LogP contribution >= 0.6 is 35.0 Å². The molecule has 0 aliphatic carbocycles. The van der Waals surface area contributed by atoms with Gasteiger partial charge in [0.1, 0.15) is 0 Å². The van der Waals surface area contributed by atoms with Gasteiger partial charge in [0.05, 0.1) is 17.7 Å². The molecule has 1 atom stereocenters. The van der Waals surface area contributed by atoms with Crippen LogP contribution < -0.4 is 0 Å². The van der Waals surface area contributed by atoms with Crippen LogP contribution in [0.3, 0.4) is 0 Å². The topological polar surface area (TPSA) is 29.5 Å². The molecule has 0 aliphatic heterocycles. The quantitative estimate of drug-likeness (QED) is 0.574. The van der Waals surface area contributed by atoms with E-state index in [4.69, 9.17) is 27.9 Å². The van der Waals surface area contributed by atoms with Crippen molar-refractivity contribution in [3.8, 4) is 0 Å². The van der Waals surface area contributed by atoms with Gasteiger partial charge in [-0.25, -0.2) is 0 Å². The summed E-state index contributed by atoms with van der Waals surface area (Å²) in [6, 6.07) is 5.31. The second kappa shape index (κ2) is 9.05. The second-order valence-electron chi connectivity index (χ2n) is 3.97. The van der Waals surface area contributed by atoms with Gasteiger partial charge in [-0.15, -0.1) is 11.8 Å². The van der Waals surface area contributed by atoms with Gasteiger partial charge in [-0.3, -0.25) is 0 Å². The molecule has 0 aliphatic rings. The summed E-state index contributed by atoms with van der Waals surface area (Å²) in [6.07, 6.45) is 1.64. The zero-order valence-electron chi connectivity index (χ0n) is 10.4. The predicted molar refractivity (Wildman–Crippen MR) is 78.9 cm³/mol. The highest BCUT2D eigenvalue weighted by Gasteiger charge is 2.08. The van der Waals surface area contributed by atoms with Gasteiger partial charge in [-0.1, -0.05) is 36.5 Å². The molecule has 0 saturated carbocycles. The molecule has 0 heterocycles. The summed E-state index contributed by atoms with van der Waals surface area (Å²) in [7, 11) is 0. The fourth-order valence-corrected chi connectivity index (χ4v) is 2.69. The molecule has 0 aromatic heterocycles. The number of hydrogen-bond donors (Lipinski definition) is 1. The molecule has 1 rings (SSSR count). The molecule has 5 heteroatoms. The number of thioether (sulfide) groups is 1. The fourth-order valence-electron chi connectivity index (χ4n) is 1.29. The van der Waals surface area contributed by atoms with Crippen molar-refractivity contribution in [3.05, 3.63) is 28.2 Å². The lowest BCUT2D eigenvalue weighted by atomic mass is 10.3.